The minimum absolute atomic E-state index is 0.0483. The fraction of sp³-hybridized carbons (Fsp3) is 0. The van der Waals surface area contributed by atoms with Gasteiger partial charge < -0.3 is 0 Å². The molecular formula is C10H6BrF2NO2S2. The number of benzene rings is 1. The van der Waals surface area contributed by atoms with E-state index in [0.29, 0.717) is 10.5 Å². The summed E-state index contributed by atoms with van der Waals surface area (Å²) in [7, 11) is -3.85. The van der Waals surface area contributed by atoms with Crippen LogP contribution < -0.4 is 4.72 Å². The van der Waals surface area contributed by atoms with Gasteiger partial charge in [-0.25, -0.2) is 17.2 Å². The van der Waals surface area contributed by atoms with Crippen LogP contribution >= 0.6 is 27.3 Å². The van der Waals surface area contributed by atoms with Crippen LogP contribution in [0.25, 0.3) is 0 Å². The molecule has 1 aromatic carbocycles. The van der Waals surface area contributed by atoms with Crippen LogP contribution in [0.15, 0.2) is 38.3 Å². The molecule has 0 saturated heterocycles. The number of rotatable bonds is 3. The highest BCUT2D eigenvalue weighted by Crippen LogP contribution is 2.29. The number of nitrogens with one attached hydrogen (secondary N) is 1. The normalized spacial score (nSPS) is 11.5. The zero-order valence-corrected chi connectivity index (χ0v) is 11.9. The van der Waals surface area contributed by atoms with E-state index in [1.54, 1.807) is 11.4 Å². The molecule has 0 saturated carbocycles. The van der Waals surface area contributed by atoms with E-state index >= 15 is 0 Å². The average Bonchev–Trinajstić information content (AvgIpc) is 2.62. The molecule has 1 aromatic heterocycles. The summed E-state index contributed by atoms with van der Waals surface area (Å²) in [5.41, 5.74) is -0.159. The first-order chi connectivity index (χ1) is 8.38. The van der Waals surface area contributed by atoms with E-state index in [1.807, 2.05) is 0 Å². The largest absolute Gasteiger partial charge is 0.279 e. The second-order valence-electron chi connectivity index (χ2n) is 3.32. The van der Waals surface area contributed by atoms with Gasteiger partial charge in [0, 0.05) is 10.5 Å². The summed E-state index contributed by atoms with van der Waals surface area (Å²) < 4.78 is 52.3. The predicted molar refractivity (Wildman–Crippen MR) is 69.2 cm³/mol. The molecule has 0 radical (unpaired) electrons. The molecule has 3 nitrogen and oxygen atoms in total. The Kier molecular flexibility index (Phi) is 3.69. The Balaban J connectivity index is 2.37. The van der Waals surface area contributed by atoms with Gasteiger partial charge in [0.15, 0.2) is 4.21 Å². The van der Waals surface area contributed by atoms with Crippen LogP contribution in [-0.4, -0.2) is 8.42 Å². The predicted octanol–water partition coefficient (Wildman–Crippen LogP) is 3.59. The molecule has 0 fully saturated rings. The third-order valence-electron chi connectivity index (χ3n) is 1.94. The maximum atomic E-state index is 12.9. The Labute approximate surface area is 115 Å². The molecule has 0 bridgehead atoms. The lowest BCUT2D eigenvalue weighted by molar-refractivity contribution is 0.584. The monoisotopic (exact) mass is 353 g/mol. The van der Waals surface area contributed by atoms with Crippen molar-refractivity contribution in [2.75, 3.05) is 4.72 Å². The molecule has 0 aliphatic heterocycles. The number of hydrogen-bond acceptors (Lipinski definition) is 3. The Bertz CT molecular complexity index is 665. The van der Waals surface area contributed by atoms with Gasteiger partial charge in [-0.1, -0.05) is 0 Å². The van der Waals surface area contributed by atoms with Gasteiger partial charge in [-0.2, -0.15) is 0 Å². The van der Waals surface area contributed by atoms with E-state index in [2.05, 4.69) is 20.7 Å². The summed E-state index contributed by atoms with van der Waals surface area (Å²) in [5, 5.41) is 1.59. The van der Waals surface area contributed by atoms with Gasteiger partial charge in [0.05, 0.1) is 5.69 Å². The van der Waals surface area contributed by atoms with Crippen molar-refractivity contribution in [1.29, 1.82) is 0 Å². The van der Waals surface area contributed by atoms with Crippen LogP contribution in [0, 0.1) is 11.6 Å². The highest BCUT2D eigenvalue weighted by Gasteiger charge is 2.19. The van der Waals surface area contributed by atoms with Crippen LogP contribution in [-0.2, 0) is 10.0 Å². The molecule has 2 rings (SSSR count). The summed E-state index contributed by atoms with van der Waals surface area (Å²) in [5.74, 6) is -1.70. The molecule has 0 atom stereocenters. The van der Waals surface area contributed by atoms with Crippen molar-refractivity contribution in [2.24, 2.45) is 0 Å². The zero-order chi connectivity index (χ0) is 13.3. The van der Waals surface area contributed by atoms with E-state index in [0.717, 1.165) is 23.5 Å². The van der Waals surface area contributed by atoms with Gasteiger partial charge in [-0.05, 0) is 39.5 Å². The third kappa shape index (κ3) is 2.88. The Hall–Kier alpha value is -0.990. The molecule has 0 amide bonds. The molecule has 1 N–H and O–H groups in total. The van der Waals surface area contributed by atoms with Crippen molar-refractivity contribution in [3.63, 3.8) is 0 Å². The molecule has 0 unspecified atom stereocenters. The lowest BCUT2D eigenvalue weighted by Gasteiger charge is -2.07. The van der Waals surface area contributed by atoms with Gasteiger partial charge in [0.1, 0.15) is 11.6 Å². The van der Waals surface area contributed by atoms with Crippen LogP contribution in [0.5, 0.6) is 0 Å². The third-order valence-corrected chi connectivity index (χ3v) is 5.99. The second-order valence-corrected chi connectivity index (χ2v) is 6.97. The van der Waals surface area contributed by atoms with E-state index in [1.165, 1.54) is 0 Å². The van der Waals surface area contributed by atoms with Crippen molar-refractivity contribution in [1.82, 2.24) is 0 Å². The Morgan fingerprint density at radius 1 is 1.17 bits per heavy atom. The molecule has 96 valence electrons. The molecule has 8 heteroatoms. The fourth-order valence-electron chi connectivity index (χ4n) is 1.29. The van der Waals surface area contributed by atoms with E-state index in [9.17, 15) is 17.2 Å². The maximum Gasteiger partial charge on any atom is 0.272 e. The van der Waals surface area contributed by atoms with Crippen molar-refractivity contribution in [2.45, 2.75) is 4.21 Å². The van der Waals surface area contributed by atoms with Gasteiger partial charge in [-0.15, -0.1) is 11.3 Å². The number of sulfonamides is 1. The molecular weight excluding hydrogens is 348 g/mol. The molecule has 0 aliphatic rings. The van der Waals surface area contributed by atoms with Crippen molar-refractivity contribution in [3.05, 3.63) is 45.8 Å². The van der Waals surface area contributed by atoms with E-state index in [4.69, 9.17) is 0 Å². The quantitative estimate of drug-likeness (QED) is 0.916. The Morgan fingerprint density at radius 2 is 1.78 bits per heavy atom. The maximum absolute atomic E-state index is 12.9. The van der Waals surface area contributed by atoms with E-state index in [-0.39, 0.29) is 9.90 Å². The molecule has 2 aromatic rings. The summed E-state index contributed by atoms with van der Waals surface area (Å²) in [6.07, 6.45) is 0. The first kappa shape index (κ1) is 13.4. The van der Waals surface area contributed by atoms with Crippen LogP contribution in [0.2, 0.25) is 0 Å². The molecule has 0 spiro atoms. The average molecular weight is 354 g/mol. The number of halogens is 3. The number of anilines is 1. The minimum atomic E-state index is -3.85. The van der Waals surface area contributed by atoms with Gasteiger partial charge in [0.25, 0.3) is 10.0 Å². The molecule has 1 heterocycles. The van der Waals surface area contributed by atoms with Crippen molar-refractivity contribution >= 4 is 43.0 Å². The van der Waals surface area contributed by atoms with Crippen LogP contribution in [0.4, 0.5) is 14.5 Å². The first-order valence-corrected chi connectivity index (χ1v) is 7.76. The second kappa shape index (κ2) is 4.94. The summed E-state index contributed by atoms with van der Waals surface area (Å²) in [4.78, 5) is 0. The lowest BCUT2D eigenvalue weighted by atomic mass is 10.3. The van der Waals surface area contributed by atoms with Crippen LogP contribution in [0.1, 0.15) is 0 Å². The smallest absolute Gasteiger partial charge is 0.272 e. The highest BCUT2D eigenvalue weighted by atomic mass is 79.9. The molecule has 0 aliphatic carbocycles. The number of thiophene rings is 1. The van der Waals surface area contributed by atoms with Crippen molar-refractivity contribution < 1.29 is 17.2 Å². The SMILES string of the molecule is O=S(=O)(Nc1cc(F)cc(F)c1)c1sccc1Br. The van der Waals surface area contributed by atoms with Gasteiger partial charge in [-0.3, -0.25) is 4.72 Å². The fourth-order valence-corrected chi connectivity index (χ4v) is 4.66. The standard InChI is InChI=1S/C10H6BrF2NO2S2/c11-9-1-2-17-10(9)18(15,16)14-8-4-6(12)3-7(13)5-8/h1-5,14H. The summed E-state index contributed by atoms with van der Waals surface area (Å²) in [6.45, 7) is 0. The zero-order valence-electron chi connectivity index (χ0n) is 8.65. The highest BCUT2D eigenvalue weighted by molar-refractivity contribution is 9.10. The first-order valence-electron chi connectivity index (χ1n) is 4.60. The van der Waals surface area contributed by atoms with E-state index < -0.39 is 21.7 Å². The Morgan fingerprint density at radius 3 is 2.28 bits per heavy atom. The minimum Gasteiger partial charge on any atom is -0.279 e. The lowest BCUT2D eigenvalue weighted by Crippen LogP contribution is -2.12. The van der Waals surface area contributed by atoms with Gasteiger partial charge >= 0.3 is 0 Å². The van der Waals surface area contributed by atoms with Crippen molar-refractivity contribution in [3.8, 4) is 0 Å². The van der Waals surface area contributed by atoms with Crippen LogP contribution in [0.3, 0.4) is 0 Å². The number of hydrogen-bond donors (Lipinski definition) is 1. The molecule has 18 heavy (non-hydrogen) atoms. The summed E-state index contributed by atoms with van der Waals surface area (Å²) >= 11 is 4.09. The summed E-state index contributed by atoms with van der Waals surface area (Å²) in [6, 6.07) is 4.05. The van der Waals surface area contributed by atoms with Gasteiger partial charge in [0.2, 0.25) is 0 Å². The topological polar surface area (TPSA) is 46.2 Å².